The van der Waals surface area contributed by atoms with E-state index in [0.29, 0.717) is 0 Å². The fraction of sp³-hybridized carbons (Fsp3) is 1.00. The van der Waals surface area contributed by atoms with Gasteiger partial charge >= 0.3 is 0 Å². The van der Waals surface area contributed by atoms with Gasteiger partial charge in [0.25, 0.3) is 0 Å². The maximum Gasteiger partial charge on any atom is 0.00313 e. The van der Waals surface area contributed by atoms with Gasteiger partial charge in [0.05, 0.1) is 0 Å². The number of hydrogen-bond donors (Lipinski definition) is 0. The van der Waals surface area contributed by atoms with Crippen LogP contribution in [0, 0.1) is 5.92 Å². The number of rotatable bonds is 5. The zero-order valence-electron chi connectivity index (χ0n) is 10.0. The Hall–Kier alpha value is 0.480. The molecule has 0 heterocycles. The normalized spacial score (nSPS) is 17.4. The highest BCUT2D eigenvalue weighted by molar-refractivity contribution is 9.09. The Morgan fingerprint density at radius 3 is 2.14 bits per heavy atom. The van der Waals surface area contributed by atoms with Crippen LogP contribution in [0.1, 0.15) is 71.6 Å². The van der Waals surface area contributed by atoms with Crippen molar-refractivity contribution in [1.29, 1.82) is 0 Å². The Kier molecular flexibility index (Phi) is 12.0. The lowest BCUT2D eigenvalue weighted by molar-refractivity contribution is 0.329. The summed E-state index contributed by atoms with van der Waals surface area (Å²) in [6.07, 6.45) is 13.3. The first-order valence-electron chi connectivity index (χ1n) is 6.49. The topological polar surface area (TPSA) is 0 Å². The molecule has 0 amide bonds. The average Bonchev–Trinajstić information content (AvgIpc) is 2.29. The van der Waals surface area contributed by atoms with E-state index in [1.54, 1.807) is 0 Å². The second kappa shape index (κ2) is 11.6. The van der Waals surface area contributed by atoms with E-state index in [9.17, 15) is 0 Å². The third-order valence-corrected chi connectivity index (χ3v) is 3.53. The molecule has 0 aromatic carbocycles. The van der Waals surface area contributed by atoms with Gasteiger partial charge in [-0.25, -0.2) is 0 Å². The molecule has 1 heteroatoms. The van der Waals surface area contributed by atoms with Gasteiger partial charge in [-0.1, -0.05) is 81.1 Å². The second-order valence-corrected chi connectivity index (χ2v) is 4.84. The first-order chi connectivity index (χ1) is 6.93. The molecule has 0 nitrogen and oxygen atoms in total. The van der Waals surface area contributed by atoms with Gasteiger partial charge in [-0.2, -0.15) is 0 Å². The zero-order chi connectivity index (χ0) is 10.6. The van der Waals surface area contributed by atoms with Crippen molar-refractivity contribution in [2.24, 2.45) is 5.92 Å². The lowest BCUT2D eigenvalue weighted by Gasteiger charge is -2.21. The van der Waals surface area contributed by atoms with Crippen molar-refractivity contribution in [3.8, 4) is 0 Å². The Morgan fingerprint density at radius 1 is 0.929 bits per heavy atom. The summed E-state index contributed by atoms with van der Waals surface area (Å²) < 4.78 is 0. The lowest BCUT2D eigenvalue weighted by Crippen LogP contribution is -2.05. The third-order valence-electron chi connectivity index (χ3n) is 2.97. The summed E-state index contributed by atoms with van der Waals surface area (Å²) in [4.78, 5) is 0. The third kappa shape index (κ3) is 7.84. The summed E-state index contributed by atoms with van der Waals surface area (Å²) in [5, 5.41) is 1.19. The van der Waals surface area contributed by atoms with Crippen LogP contribution in [0.2, 0.25) is 0 Å². The van der Waals surface area contributed by atoms with Crippen molar-refractivity contribution in [1.82, 2.24) is 0 Å². The van der Waals surface area contributed by atoms with Crippen LogP contribution < -0.4 is 0 Å². The lowest BCUT2D eigenvalue weighted by atomic mass is 9.86. The van der Waals surface area contributed by atoms with Gasteiger partial charge in [0.2, 0.25) is 0 Å². The summed E-state index contributed by atoms with van der Waals surface area (Å²) in [6, 6.07) is 0. The average molecular weight is 263 g/mol. The molecular formula is C13H27Br. The Morgan fingerprint density at radius 2 is 1.57 bits per heavy atom. The quantitative estimate of drug-likeness (QED) is 0.450. The summed E-state index contributed by atoms with van der Waals surface area (Å²) in [5.41, 5.74) is 0. The highest BCUT2D eigenvalue weighted by Gasteiger charge is 2.11. The van der Waals surface area contributed by atoms with Gasteiger partial charge in [0.1, 0.15) is 0 Å². The Balaban J connectivity index is 0.000000791. The maximum absolute atomic E-state index is 3.48. The first kappa shape index (κ1) is 14.5. The van der Waals surface area contributed by atoms with Crippen molar-refractivity contribution in [3.05, 3.63) is 0 Å². The molecule has 0 atom stereocenters. The molecule has 0 N–H and O–H groups in total. The molecule has 1 aliphatic rings. The maximum atomic E-state index is 3.48. The van der Waals surface area contributed by atoms with Gasteiger partial charge in [-0.15, -0.1) is 0 Å². The summed E-state index contributed by atoms with van der Waals surface area (Å²) in [5.74, 6) is 1.09. The van der Waals surface area contributed by atoms with Crippen LogP contribution in [0.15, 0.2) is 0 Å². The van der Waals surface area contributed by atoms with Crippen LogP contribution in [0.25, 0.3) is 0 Å². The molecule has 1 aliphatic carbocycles. The van der Waals surface area contributed by atoms with Gasteiger partial charge in [0, 0.05) is 5.33 Å². The molecule has 0 bridgehead atoms. The van der Waals surface area contributed by atoms with Crippen molar-refractivity contribution < 1.29 is 0 Å². The van der Waals surface area contributed by atoms with Gasteiger partial charge < -0.3 is 0 Å². The molecule has 1 saturated carbocycles. The number of halogens is 1. The van der Waals surface area contributed by atoms with Crippen molar-refractivity contribution in [3.63, 3.8) is 0 Å². The van der Waals surface area contributed by atoms with Crippen LogP contribution in [-0.4, -0.2) is 5.33 Å². The van der Waals surface area contributed by atoms with E-state index in [2.05, 4.69) is 15.9 Å². The SMILES string of the molecule is BrCCCCCC1CCCCC1.CC. The van der Waals surface area contributed by atoms with Crippen LogP contribution >= 0.6 is 15.9 Å². The number of unbranched alkanes of at least 4 members (excludes halogenated alkanes) is 2. The molecule has 0 aliphatic heterocycles. The van der Waals surface area contributed by atoms with Crippen molar-refractivity contribution in [2.45, 2.75) is 71.6 Å². The van der Waals surface area contributed by atoms with Crippen LogP contribution in [0.3, 0.4) is 0 Å². The fourth-order valence-electron chi connectivity index (χ4n) is 2.18. The summed E-state index contributed by atoms with van der Waals surface area (Å²) in [7, 11) is 0. The Labute approximate surface area is 99.0 Å². The largest absolute Gasteiger partial charge is 0.0928 e. The molecule has 0 spiro atoms. The molecule has 0 aromatic heterocycles. The smallest absolute Gasteiger partial charge is 0.00313 e. The highest BCUT2D eigenvalue weighted by atomic mass is 79.9. The molecule has 86 valence electrons. The summed E-state index contributed by atoms with van der Waals surface area (Å²) >= 11 is 3.48. The van der Waals surface area contributed by atoms with Gasteiger partial charge in [-0.05, 0) is 12.3 Å². The van der Waals surface area contributed by atoms with Crippen LogP contribution in [0.5, 0.6) is 0 Å². The van der Waals surface area contributed by atoms with Crippen LogP contribution in [-0.2, 0) is 0 Å². The van der Waals surface area contributed by atoms with E-state index in [1.807, 2.05) is 13.8 Å². The molecule has 1 fully saturated rings. The van der Waals surface area contributed by atoms with E-state index in [4.69, 9.17) is 0 Å². The minimum absolute atomic E-state index is 1.09. The highest BCUT2D eigenvalue weighted by Crippen LogP contribution is 2.27. The van der Waals surface area contributed by atoms with Crippen molar-refractivity contribution >= 4 is 15.9 Å². The molecule has 0 radical (unpaired) electrons. The predicted molar refractivity (Wildman–Crippen MR) is 70.2 cm³/mol. The van der Waals surface area contributed by atoms with Gasteiger partial charge in [-0.3, -0.25) is 0 Å². The molecule has 0 saturated heterocycles. The monoisotopic (exact) mass is 262 g/mol. The molecule has 0 aromatic rings. The molecule has 14 heavy (non-hydrogen) atoms. The molecule has 0 unspecified atom stereocenters. The standard InChI is InChI=1S/C11H21Br.C2H6/c12-10-6-2-5-9-11-7-3-1-4-8-11;1-2/h11H,1-10H2;1-2H3. The number of alkyl halides is 1. The second-order valence-electron chi connectivity index (χ2n) is 4.04. The molecular weight excluding hydrogens is 236 g/mol. The van der Waals surface area contributed by atoms with E-state index >= 15 is 0 Å². The van der Waals surface area contributed by atoms with Gasteiger partial charge in [0.15, 0.2) is 0 Å². The Bertz CT molecular complexity index is 95.4. The van der Waals surface area contributed by atoms with E-state index in [-0.39, 0.29) is 0 Å². The minimum Gasteiger partial charge on any atom is -0.0928 e. The first-order valence-corrected chi connectivity index (χ1v) is 7.61. The molecule has 1 rings (SSSR count). The van der Waals surface area contributed by atoms with Crippen LogP contribution in [0.4, 0.5) is 0 Å². The van der Waals surface area contributed by atoms with Crippen molar-refractivity contribution in [2.75, 3.05) is 5.33 Å². The zero-order valence-corrected chi connectivity index (χ0v) is 11.6. The van der Waals surface area contributed by atoms with E-state index in [1.165, 1.54) is 63.1 Å². The summed E-state index contributed by atoms with van der Waals surface area (Å²) in [6.45, 7) is 4.00. The van der Waals surface area contributed by atoms with E-state index < -0.39 is 0 Å². The number of hydrogen-bond acceptors (Lipinski definition) is 0. The fourth-order valence-corrected chi connectivity index (χ4v) is 2.58. The minimum atomic E-state index is 1.09. The predicted octanol–water partition coefficient (Wildman–Crippen LogP) is 5.55. The van der Waals surface area contributed by atoms with E-state index in [0.717, 1.165) is 5.92 Å².